The van der Waals surface area contributed by atoms with Crippen LogP contribution in [0.2, 0.25) is 0 Å². The minimum Gasteiger partial charge on any atom is -0.374 e. The Kier molecular flexibility index (Phi) is 4.65. The molecule has 1 unspecified atom stereocenters. The van der Waals surface area contributed by atoms with E-state index in [0.29, 0.717) is 5.69 Å². The number of carbonyl (C=O) groups is 2. The van der Waals surface area contributed by atoms with E-state index < -0.39 is 11.9 Å². The van der Waals surface area contributed by atoms with E-state index in [4.69, 9.17) is 5.73 Å². The molecule has 2 amide bonds. The number of pyridine rings is 1. The second-order valence-corrected chi connectivity index (χ2v) is 4.32. The monoisotopic (exact) mass is 250 g/mol. The highest BCUT2D eigenvalue weighted by Gasteiger charge is 2.13. The van der Waals surface area contributed by atoms with Crippen LogP contribution < -0.4 is 16.4 Å². The predicted molar refractivity (Wildman–Crippen MR) is 69.1 cm³/mol. The van der Waals surface area contributed by atoms with Crippen LogP contribution in [0.25, 0.3) is 0 Å². The van der Waals surface area contributed by atoms with E-state index in [1.807, 2.05) is 13.8 Å². The first kappa shape index (κ1) is 14.0. The molecule has 98 valence electrons. The number of amides is 2. The summed E-state index contributed by atoms with van der Waals surface area (Å²) in [5.74, 6) is -0.708. The molecule has 0 saturated heterocycles. The Labute approximate surface area is 106 Å². The molecular formula is C12H18N4O2. The summed E-state index contributed by atoms with van der Waals surface area (Å²) < 4.78 is 0. The van der Waals surface area contributed by atoms with E-state index in [2.05, 4.69) is 15.6 Å². The second kappa shape index (κ2) is 6.00. The molecule has 0 fully saturated rings. The van der Waals surface area contributed by atoms with Gasteiger partial charge in [-0.25, -0.2) is 0 Å². The highest BCUT2D eigenvalue weighted by molar-refractivity contribution is 5.92. The molecule has 18 heavy (non-hydrogen) atoms. The molecule has 6 nitrogen and oxygen atoms in total. The van der Waals surface area contributed by atoms with Gasteiger partial charge in [0.1, 0.15) is 11.7 Å². The summed E-state index contributed by atoms with van der Waals surface area (Å²) in [4.78, 5) is 26.5. The maximum atomic E-state index is 11.7. The van der Waals surface area contributed by atoms with E-state index in [0.717, 1.165) is 0 Å². The summed E-state index contributed by atoms with van der Waals surface area (Å²) >= 11 is 0. The van der Waals surface area contributed by atoms with Crippen molar-refractivity contribution in [2.24, 2.45) is 5.73 Å². The first-order chi connectivity index (χ1) is 8.40. The molecule has 1 aromatic heterocycles. The molecule has 0 bridgehead atoms. The molecule has 1 rings (SSSR count). The van der Waals surface area contributed by atoms with Crippen molar-refractivity contribution in [1.82, 2.24) is 10.3 Å². The zero-order valence-electron chi connectivity index (χ0n) is 10.7. The number of hydrogen-bond donors (Lipinski definition) is 3. The molecule has 6 heteroatoms. The van der Waals surface area contributed by atoms with Gasteiger partial charge < -0.3 is 16.4 Å². The van der Waals surface area contributed by atoms with Gasteiger partial charge in [-0.05, 0) is 32.9 Å². The fourth-order valence-corrected chi connectivity index (χ4v) is 1.38. The van der Waals surface area contributed by atoms with Gasteiger partial charge in [-0.3, -0.25) is 14.6 Å². The van der Waals surface area contributed by atoms with Gasteiger partial charge in [-0.2, -0.15) is 0 Å². The number of primary amides is 1. The van der Waals surface area contributed by atoms with Crippen molar-refractivity contribution < 1.29 is 9.59 Å². The molecule has 0 aliphatic rings. The van der Waals surface area contributed by atoms with Crippen LogP contribution in [-0.2, 0) is 4.79 Å². The minimum atomic E-state index is -0.599. The van der Waals surface area contributed by atoms with Crippen molar-refractivity contribution in [1.29, 1.82) is 0 Å². The van der Waals surface area contributed by atoms with Crippen LogP contribution in [0.3, 0.4) is 0 Å². The third-order valence-corrected chi connectivity index (χ3v) is 2.22. The van der Waals surface area contributed by atoms with Crippen molar-refractivity contribution in [3.8, 4) is 0 Å². The van der Waals surface area contributed by atoms with Crippen molar-refractivity contribution >= 4 is 17.5 Å². The number of rotatable bonds is 5. The van der Waals surface area contributed by atoms with Crippen molar-refractivity contribution in [3.05, 3.63) is 24.0 Å². The van der Waals surface area contributed by atoms with Gasteiger partial charge in [0.15, 0.2) is 0 Å². The summed E-state index contributed by atoms with van der Waals surface area (Å²) in [5.41, 5.74) is 5.92. The Morgan fingerprint density at radius 3 is 2.56 bits per heavy atom. The summed E-state index contributed by atoms with van der Waals surface area (Å²) in [5, 5.41) is 5.77. The highest BCUT2D eigenvalue weighted by atomic mass is 16.2. The van der Waals surface area contributed by atoms with Crippen LogP contribution in [0.15, 0.2) is 18.3 Å². The molecule has 1 heterocycles. The largest absolute Gasteiger partial charge is 0.374 e. The van der Waals surface area contributed by atoms with Crippen molar-refractivity contribution in [2.45, 2.75) is 32.9 Å². The number of anilines is 1. The Morgan fingerprint density at radius 2 is 2.00 bits per heavy atom. The Morgan fingerprint density at radius 1 is 1.33 bits per heavy atom. The molecule has 0 aromatic carbocycles. The third-order valence-electron chi connectivity index (χ3n) is 2.22. The Hall–Kier alpha value is -2.11. The minimum absolute atomic E-state index is 0.0837. The number of hydrogen-bond acceptors (Lipinski definition) is 4. The van der Waals surface area contributed by atoms with Gasteiger partial charge in [0, 0.05) is 17.9 Å². The molecule has 0 aliphatic heterocycles. The zero-order chi connectivity index (χ0) is 13.7. The van der Waals surface area contributed by atoms with Crippen LogP contribution in [0.1, 0.15) is 31.3 Å². The van der Waals surface area contributed by atoms with Gasteiger partial charge in [-0.15, -0.1) is 0 Å². The lowest BCUT2D eigenvalue weighted by molar-refractivity contribution is -0.122. The maximum absolute atomic E-state index is 11.7. The topological polar surface area (TPSA) is 97.1 Å². The number of aromatic nitrogens is 1. The molecule has 0 aliphatic carbocycles. The molecular weight excluding hydrogens is 232 g/mol. The second-order valence-electron chi connectivity index (χ2n) is 4.32. The maximum Gasteiger partial charge on any atom is 0.267 e. The fourth-order valence-electron chi connectivity index (χ4n) is 1.38. The van der Waals surface area contributed by atoms with Crippen LogP contribution in [0.4, 0.5) is 5.69 Å². The summed E-state index contributed by atoms with van der Waals surface area (Å²) in [7, 11) is 0. The summed E-state index contributed by atoms with van der Waals surface area (Å²) in [6.07, 6.45) is 1.47. The van der Waals surface area contributed by atoms with Crippen LogP contribution in [0, 0.1) is 0 Å². The SMILES string of the molecule is CC(C)NC(=O)C(C)Nc1ccnc(C(N)=O)c1. The lowest BCUT2D eigenvalue weighted by Gasteiger charge is -2.17. The number of nitrogens with one attached hydrogen (secondary N) is 2. The van der Waals surface area contributed by atoms with Crippen molar-refractivity contribution in [3.63, 3.8) is 0 Å². The van der Waals surface area contributed by atoms with E-state index in [-0.39, 0.29) is 17.6 Å². The van der Waals surface area contributed by atoms with Gasteiger partial charge in [0.05, 0.1) is 0 Å². The lowest BCUT2D eigenvalue weighted by atomic mass is 10.2. The predicted octanol–water partition coefficient (Wildman–Crippen LogP) is 0.505. The first-order valence-corrected chi connectivity index (χ1v) is 5.73. The van der Waals surface area contributed by atoms with E-state index in [9.17, 15) is 9.59 Å². The van der Waals surface area contributed by atoms with Crippen LogP contribution in [-0.4, -0.2) is 28.9 Å². The van der Waals surface area contributed by atoms with E-state index in [1.54, 1.807) is 13.0 Å². The number of carbonyl (C=O) groups excluding carboxylic acids is 2. The van der Waals surface area contributed by atoms with Crippen LogP contribution in [0.5, 0.6) is 0 Å². The standard InChI is InChI=1S/C12H18N4O2/c1-7(2)15-12(18)8(3)16-9-4-5-14-10(6-9)11(13)17/h4-8H,1-3H3,(H2,13,17)(H,14,16)(H,15,18). The molecule has 0 spiro atoms. The third kappa shape index (κ3) is 4.04. The molecule has 4 N–H and O–H groups in total. The average molecular weight is 250 g/mol. The van der Waals surface area contributed by atoms with Crippen molar-refractivity contribution in [2.75, 3.05) is 5.32 Å². The zero-order valence-corrected chi connectivity index (χ0v) is 10.7. The van der Waals surface area contributed by atoms with Crippen LogP contribution >= 0.6 is 0 Å². The molecule has 1 atom stereocenters. The average Bonchev–Trinajstić information content (AvgIpc) is 2.28. The summed E-state index contributed by atoms with van der Waals surface area (Å²) in [6, 6.07) is 2.86. The Balaban J connectivity index is 2.69. The van der Waals surface area contributed by atoms with Gasteiger partial charge in [0.2, 0.25) is 5.91 Å². The fraction of sp³-hybridized carbons (Fsp3) is 0.417. The van der Waals surface area contributed by atoms with Gasteiger partial charge >= 0.3 is 0 Å². The van der Waals surface area contributed by atoms with Gasteiger partial charge in [-0.1, -0.05) is 0 Å². The lowest BCUT2D eigenvalue weighted by Crippen LogP contribution is -2.41. The first-order valence-electron chi connectivity index (χ1n) is 5.73. The quantitative estimate of drug-likeness (QED) is 0.709. The molecule has 0 radical (unpaired) electrons. The van der Waals surface area contributed by atoms with Gasteiger partial charge in [0.25, 0.3) is 5.91 Å². The molecule has 0 saturated carbocycles. The van der Waals surface area contributed by atoms with E-state index in [1.165, 1.54) is 12.3 Å². The Bertz CT molecular complexity index is 445. The molecule has 1 aromatic rings. The highest BCUT2D eigenvalue weighted by Crippen LogP contribution is 2.09. The number of nitrogens with two attached hydrogens (primary N) is 1. The van der Waals surface area contributed by atoms with E-state index >= 15 is 0 Å². The number of nitrogens with zero attached hydrogens (tertiary/aromatic N) is 1. The summed E-state index contributed by atoms with van der Waals surface area (Å²) in [6.45, 7) is 5.52. The smallest absolute Gasteiger partial charge is 0.267 e. The normalized spacial score (nSPS) is 12.0.